The largest absolute Gasteiger partial charge is 0.389 e. The lowest BCUT2D eigenvalue weighted by Gasteiger charge is -2.19. The van der Waals surface area contributed by atoms with Gasteiger partial charge in [0, 0.05) is 11.3 Å². The summed E-state index contributed by atoms with van der Waals surface area (Å²) in [6.07, 6.45) is 0. The van der Waals surface area contributed by atoms with Crippen LogP contribution in [0.5, 0.6) is 0 Å². The van der Waals surface area contributed by atoms with E-state index < -0.39 is 0 Å². The van der Waals surface area contributed by atoms with Crippen LogP contribution >= 0.6 is 12.2 Å². The lowest BCUT2D eigenvalue weighted by Crippen LogP contribution is -2.18. The Morgan fingerprint density at radius 2 is 2.00 bits per heavy atom. The Bertz CT molecular complexity index is 685. The van der Waals surface area contributed by atoms with Crippen molar-refractivity contribution in [2.24, 2.45) is 5.73 Å². The SMILES string of the molecule is Cc1cc(C)c(C(N)=S)c(NC(C)c2ccccc2F)n1. The van der Waals surface area contributed by atoms with Gasteiger partial charge in [0.1, 0.15) is 16.6 Å². The summed E-state index contributed by atoms with van der Waals surface area (Å²) in [6, 6.07) is 8.34. The molecule has 5 heteroatoms. The number of hydrogen-bond acceptors (Lipinski definition) is 3. The molecule has 3 nitrogen and oxygen atoms in total. The minimum absolute atomic E-state index is 0.243. The van der Waals surface area contributed by atoms with E-state index in [9.17, 15) is 4.39 Å². The van der Waals surface area contributed by atoms with Crippen LogP contribution in [0.2, 0.25) is 0 Å². The Hall–Kier alpha value is -2.01. The molecule has 0 saturated carbocycles. The van der Waals surface area contributed by atoms with Crippen LogP contribution in [0.15, 0.2) is 30.3 Å². The van der Waals surface area contributed by atoms with E-state index in [1.54, 1.807) is 18.2 Å². The predicted molar refractivity (Wildman–Crippen MR) is 88.0 cm³/mol. The first-order valence-electron chi connectivity index (χ1n) is 6.69. The van der Waals surface area contributed by atoms with Gasteiger partial charge in [-0.2, -0.15) is 0 Å². The molecule has 0 saturated heterocycles. The van der Waals surface area contributed by atoms with Crippen LogP contribution in [0.3, 0.4) is 0 Å². The van der Waals surface area contributed by atoms with Crippen molar-refractivity contribution >= 4 is 23.0 Å². The van der Waals surface area contributed by atoms with E-state index in [1.807, 2.05) is 26.8 Å². The van der Waals surface area contributed by atoms with E-state index in [1.165, 1.54) is 6.07 Å². The quantitative estimate of drug-likeness (QED) is 0.847. The van der Waals surface area contributed by atoms with E-state index in [0.29, 0.717) is 16.9 Å². The standard InChI is InChI=1S/C16H18FN3S/c1-9-8-10(2)19-16(14(9)15(18)21)20-11(3)12-6-4-5-7-13(12)17/h4-8,11H,1-3H3,(H2,18,21)(H,19,20). The van der Waals surface area contributed by atoms with E-state index in [0.717, 1.165) is 11.3 Å². The summed E-state index contributed by atoms with van der Waals surface area (Å²) in [5.41, 5.74) is 8.88. The highest BCUT2D eigenvalue weighted by Gasteiger charge is 2.16. The summed E-state index contributed by atoms with van der Waals surface area (Å²) >= 11 is 5.10. The van der Waals surface area contributed by atoms with Gasteiger partial charge >= 0.3 is 0 Å². The zero-order valence-corrected chi connectivity index (χ0v) is 13.1. The lowest BCUT2D eigenvalue weighted by atomic mass is 10.1. The molecule has 3 N–H and O–H groups in total. The third kappa shape index (κ3) is 3.36. The minimum Gasteiger partial charge on any atom is -0.389 e. The highest BCUT2D eigenvalue weighted by atomic mass is 32.1. The fraction of sp³-hybridized carbons (Fsp3) is 0.250. The van der Waals surface area contributed by atoms with Crippen LogP contribution in [0.4, 0.5) is 10.2 Å². The molecule has 21 heavy (non-hydrogen) atoms. The van der Waals surface area contributed by atoms with Crippen LogP contribution in [0.25, 0.3) is 0 Å². The van der Waals surface area contributed by atoms with Crippen LogP contribution in [0.1, 0.15) is 35.3 Å². The van der Waals surface area contributed by atoms with Crippen molar-refractivity contribution in [1.82, 2.24) is 4.98 Å². The average molecular weight is 303 g/mol. The molecule has 110 valence electrons. The third-order valence-corrected chi connectivity index (χ3v) is 3.52. The second kappa shape index (κ2) is 6.18. The minimum atomic E-state index is -0.251. The molecule has 0 fully saturated rings. The molecule has 1 heterocycles. The molecule has 0 aliphatic carbocycles. The van der Waals surface area contributed by atoms with Gasteiger partial charge in [-0.1, -0.05) is 30.4 Å². The van der Waals surface area contributed by atoms with Crippen LogP contribution in [-0.2, 0) is 0 Å². The molecule has 0 amide bonds. The first-order chi connectivity index (χ1) is 9.90. The number of anilines is 1. The van der Waals surface area contributed by atoms with E-state index in [4.69, 9.17) is 18.0 Å². The first-order valence-corrected chi connectivity index (χ1v) is 7.10. The molecular weight excluding hydrogens is 285 g/mol. The molecule has 1 aromatic carbocycles. The van der Waals surface area contributed by atoms with Crippen molar-refractivity contribution in [3.63, 3.8) is 0 Å². The molecule has 2 aromatic rings. The van der Waals surface area contributed by atoms with Crippen LogP contribution < -0.4 is 11.1 Å². The smallest absolute Gasteiger partial charge is 0.137 e. The van der Waals surface area contributed by atoms with Gasteiger partial charge in [-0.15, -0.1) is 0 Å². The second-order valence-electron chi connectivity index (χ2n) is 5.06. The summed E-state index contributed by atoms with van der Waals surface area (Å²) in [5.74, 6) is 0.342. The van der Waals surface area contributed by atoms with Crippen LogP contribution in [0, 0.1) is 19.7 Å². The number of halogens is 1. The second-order valence-corrected chi connectivity index (χ2v) is 5.50. The number of aromatic nitrogens is 1. The van der Waals surface area contributed by atoms with Crippen molar-refractivity contribution in [2.75, 3.05) is 5.32 Å². The molecule has 1 aromatic heterocycles. The van der Waals surface area contributed by atoms with E-state index in [2.05, 4.69) is 10.3 Å². The number of nitrogens with zero attached hydrogens (tertiary/aromatic N) is 1. The highest BCUT2D eigenvalue weighted by molar-refractivity contribution is 7.80. The number of hydrogen-bond donors (Lipinski definition) is 2. The Morgan fingerprint density at radius 1 is 1.33 bits per heavy atom. The number of aryl methyl sites for hydroxylation is 2. The van der Waals surface area contributed by atoms with Gasteiger partial charge in [-0.25, -0.2) is 9.37 Å². The summed E-state index contributed by atoms with van der Waals surface area (Å²) in [4.78, 5) is 4.73. The monoisotopic (exact) mass is 303 g/mol. The molecular formula is C16H18FN3S. The van der Waals surface area contributed by atoms with Gasteiger partial charge in [0.15, 0.2) is 0 Å². The van der Waals surface area contributed by atoms with Gasteiger partial charge in [0.25, 0.3) is 0 Å². The maximum Gasteiger partial charge on any atom is 0.137 e. The summed E-state index contributed by atoms with van der Waals surface area (Å²) in [6.45, 7) is 5.71. The summed E-state index contributed by atoms with van der Waals surface area (Å²) < 4.78 is 13.8. The molecule has 2 rings (SSSR count). The fourth-order valence-corrected chi connectivity index (χ4v) is 2.62. The van der Waals surface area contributed by atoms with E-state index in [-0.39, 0.29) is 16.8 Å². The number of nitrogens with one attached hydrogen (secondary N) is 1. The van der Waals surface area contributed by atoms with Gasteiger partial charge in [-0.05, 0) is 38.5 Å². The number of thiocarbonyl (C=S) groups is 1. The van der Waals surface area contributed by atoms with Crippen molar-refractivity contribution in [1.29, 1.82) is 0 Å². The normalized spacial score (nSPS) is 12.0. The van der Waals surface area contributed by atoms with E-state index >= 15 is 0 Å². The van der Waals surface area contributed by atoms with Gasteiger partial charge in [-0.3, -0.25) is 0 Å². The van der Waals surface area contributed by atoms with Crippen molar-refractivity contribution in [3.8, 4) is 0 Å². The Morgan fingerprint density at radius 3 is 2.62 bits per heavy atom. The van der Waals surface area contributed by atoms with Crippen LogP contribution in [-0.4, -0.2) is 9.97 Å². The van der Waals surface area contributed by atoms with Crippen molar-refractivity contribution in [3.05, 3.63) is 58.5 Å². The lowest BCUT2D eigenvalue weighted by molar-refractivity contribution is 0.600. The van der Waals surface area contributed by atoms with Gasteiger partial charge in [0.2, 0.25) is 0 Å². The molecule has 0 aliphatic rings. The highest BCUT2D eigenvalue weighted by Crippen LogP contribution is 2.25. The summed E-state index contributed by atoms with van der Waals surface area (Å²) in [5, 5.41) is 3.21. The maximum absolute atomic E-state index is 13.8. The van der Waals surface area contributed by atoms with Gasteiger partial charge < -0.3 is 11.1 Å². The topological polar surface area (TPSA) is 50.9 Å². The Labute approximate surface area is 129 Å². The maximum atomic E-state index is 13.8. The Balaban J connectivity index is 2.40. The average Bonchev–Trinajstić information content (AvgIpc) is 2.37. The van der Waals surface area contributed by atoms with Gasteiger partial charge in [0.05, 0.1) is 11.6 Å². The third-order valence-electron chi connectivity index (χ3n) is 3.32. The number of nitrogens with two attached hydrogens (primary N) is 1. The molecule has 1 atom stereocenters. The fourth-order valence-electron chi connectivity index (χ4n) is 2.36. The zero-order valence-electron chi connectivity index (χ0n) is 12.3. The summed E-state index contributed by atoms with van der Waals surface area (Å²) in [7, 11) is 0. The number of rotatable bonds is 4. The first kappa shape index (κ1) is 15.4. The zero-order chi connectivity index (χ0) is 15.6. The Kier molecular flexibility index (Phi) is 4.53. The van der Waals surface area contributed by atoms with Crippen molar-refractivity contribution < 1.29 is 4.39 Å². The van der Waals surface area contributed by atoms with Crippen molar-refractivity contribution in [2.45, 2.75) is 26.8 Å². The molecule has 0 aliphatic heterocycles. The molecule has 0 radical (unpaired) electrons. The predicted octanol–water partition coefficient (Wildman–Crippen LogP) is 3.64. The number of benzene rings is 1. The molecule has 1 unspecified atom stereocenters. The number of pyridine rings is 1. The molecule has 0 bridgehead atoms. The molecule has 0 spiro atoms.